The maximum absolute atomic E-state index is 12.5. The predicted molar refractivity (Wildman–Crippen MR) is 42.2 cm³/mol. The first-order chi connectivity index (χ1) is 5.54. The summed E-state index contributed by atoms with van der Waals surface area (Å²) < 4.78 is 25.1. The molecule has 0 heterocycles. The third-order valence-electron chi connectivity index (χ3n) is 2.72. The molecular weight excluding hydrogens is 164 g/mol. The molecule has 1 atom stereocenters. The lowest BCUT2D eigenvalue weighted by Gasteiger charge is -2.30. The van der Waals surface area contributed by atoms with Crippen molar-refractivity contribution >= 4 is 0 Å². The molecule has 1 N–H and O–H groups in total. The molecule has 1 saturated carbocycles. The quantitative estimate of drug-likeness (QED) is 0.694. The second-order valence-corrected chi connectivity index (χ2v) is 3.70. The standard InChI is InChI=1S/C8H15F2NO/c1-11(2)6(5-12)8(3-4-8)7(9)10/h6-7,12H,3-5H2,1-2H3. The van der Waals surface area contributed by atoms with E-state index in [9.17, 15) is 8.78 Å². The van der Waals surface area contributed by atoms with Crippen LogP contribution in [0, 0.1) is 5.41 Å². The molecule has 0 bridgehead atoms. The molecule has 1 rings (SSSR count). The number of likely N-dealkylation sites (N-methyl/N-ethyl adjacent to an activating group) is 1. The van der Waals surface area contributed by atoms with Crippen LogP contribution in [0.25, 0.3) is 0 Å². The van der Waals surface area contributed by atoms with Crippen LogP contribution in [0.2, 0.25) is 0 Å². The molecule has 12 heavy (non-hydrogen) atoms. The highest BCUT2D eigenvalue weighted by molar-refractivity contribution is 5.03. The average molecular weight is 179 g/mol. The lowest BCUT2D eigenvalue weighted by Crippen LogP contribution is -2.43. The van der Waals surface area contributed by atoms with Crippen molar-refractivity contribution in [2.24, 2.45) is 5.41 Å². The summed E-state index contributed by atoms with van der Waals surface area (Å²) >= 11 is 0. The Kier molecular flexibility index (Phi) is 2.68. The minimum absolute atomic E-state index is 0.183. The van der Waals surface area contributed by atoms with Crippen LogP contribution in [0.3, 0.4) is 0 Å². The monoisotopic (exact) mass is 179 g/mol. The van der Waals surface area contributed by atoms with E-state index in [0.29, 0.717) is 12.8 Å². The molecule has 72 valence electrons. The van der Waals surface area contributed by atoms with Crippen molar-refractivity contribution in [1.29, 1.82) is 0 Å². The molecule has 1 unspecified atom stereocenters. The van der Waals surface area contributed by atoms with Gasteiger partial charge in [0.2, 0.25) is 6.43 Å². The van der Waals surface area contributed by atoms with Gasteiger partial charge in [-0.25, -0.2) is 8.78 Å². The molecule has 0 aliphatic heterocycles. The van der Waals surface area contributed by atoms with Crippen molar-refractivity contribution in [3.05, 3.63) is 0 Å². The van der Waals surface area contributed by atoms with E-state index in [1.165, 1.54) is 0 Å². The second kappa shape index (κ2) is 3.26. The Labute approximate surface area is 71.2 Å². The van der Waals surface area contributed by atoms with Gasteiger partial charge in [0.15, 0.2) is 0 Å². The Balaban J connectivity index is 2.65. The highest BCUT2D eigenvalue weighted by Gasteiger charge is 2.57. The zero-order valence-electron chi connectivity index (χ0n) is 7.43. The van der Waals surface area contributed by atoms with Crippen LogP contribution < -0.4 is 0 Å². The summed E-state index contributed by atoms with van der Waals surface area (Å²) in [5.74, 6) is 0. The van der Waals surface area contributed by atoms with Crippen LogP contribution in [-0.2, 0) is 0 Å². The van der Waals surface area contributed by atoms with Crippen LogP contribution >= 0.6 is 0 Å². The van der Waals surface area contributed by atoms with Crippen LogP contribution in [0.5, 0.6) is 0 Å². The van der Waals surface area contributed by atoms with Gasteiger partial charge in [-0.1, -0.05) is 0 Å². The molecule has 4 heteroatoms. The molecule has 0 aromatic carbocycles. The summed E-state index contributed by atoms with van der Waals surface area (Å²) in [5, 5.41) is 8.95. The highest BCUT2D eigenvalue weighted by atomic mass is 19.3. The van der Waals surface area contributed by atoms with Gasteiger partial charge in [0.25, 0.3) is 0 Å². The number of aliphatic hydroxyl groups excluding tert-OH is 1. The van der Waals surface area contributed by atoms with Crippen molar-refractivity contribution in [3.8, 4) is 0 Å². The molecule has 0 saturated heterocycles. The van der Waals surface area contributed by atoms with E-state index in [1.54, 1.807) is 19.0 Å². The number of hydrogen-bond donors (Lipinski definition) is 1. The molecule has 2 nitrogen and oxygen atoms in total. The fourth-order valence-electron chi connectivity index (χ4n) is 1.70. The van der Waals surface area contributed by atoms with Crippen LogP contribution in [-0.4, -0.2) is 43.2 Å². The number of rotatable bonds is 4. The molecule has 0 amide bonds. The number of nitrogens with zero attached hydrogens (tertiary/aromatic N) is 1. The number of aliphatic hydroxyl groups is 1. The predicted octanol–water partition coefficient (Wildman–Crippen LogP) is 0.954. The molecule has 1 aliphatic rings. The van der Waals surface area contributed by atoms with Gasteiger partial charge in [-0.2, -0.15) is 0 Å². The molecule has 1 fully saturated rings. The zero-order valence-corrected chi connectivity index (χ0v) is 7.43. The van der Waals surface area contributed by atoms with E-state index in [4.69, 9.17) is 5.11 Å². The van der Waals surface area contributed by atoms with Crippen molar-refractivity contribution < 1.29 is 13.9 Å². The fourth-order valence-corrected chi connectivity index (χ4v) is 1.70. The maximum Gasteiger partial charge on any atom is 0.245 e. The van der Waals surface area contributed by atoms with E-state index in [1.807, 2.05) is 0 Å². The Morgan fingerprint density at radius 2 is 1.92 bits per heavy atom. The minimum Gasteiger partial charge on any atom is -0.395 e. The van der Waals surface area contributed by atoms with Crippen molar-refractivity contribution in [2.45, 2.75) is 25.3 Å². The van der Waals surface area contributed by atoms with Gasteiger partial charge in [0, 0.05) is 11.5 Å². The molecule has 0 radical (unpaired) electrons. The lowest BCUT2D eigenvalue weighted by molar-refractivity contribution is -0.00915. The first-order valence-electron chi connectivity index (χ1n) is 4.10. The zero-order chi connectivity index (χ0) is 9.35. The van der Waals surface area contributed by atoms with Gasteiger partial charge in [0.1, 0.15) is 0 Å². The summed E-state index contributed by atoms with van der Waals surface area (Å²) in [5.41, 5.74) is -0.918. The summed E-state index contributed by atoms with van der Waals surface area (Å²) in [6.45, 7) is -0.183. The van der Waals surface area contributed by atoms with Gasteiger partial charge in [-0.05, 0) is 26.9 Å². The SMILES string of the molecule is CN(C)C(CO)C1(C(F)F)CC1. The van der Waals surface area contributed by atoms with E-state index in [2.05, 4.69) is 0 Å². The Morgan fingerprint density at radius 1 is 1.42 bits per heavy atom. The minimum atomic E-state index is -2.31. The van der Waals surface area contributed by atoms with Gasteiger partial charge < -0.3 is 10.0 Å². The van der Waals surface area contributed by atoms with E-state index in [0.717, 1.165) is 0 Å². The Bertz CT molecular complexity index is 157. The van der Waals surface area contributed by atoms with Crippen molar-refractivity contribution in [2.75, 3.05) is 20.7 Å². The van der Waals surface area contributed by atoms with Crippen LogP contribution in [0.15, 0.2) is 0 Å². The highest BCUT2D eigenvalue weighted by Crippen LogP contribution is 2.54. The second-order valence-electron chi connectivity index (χ2n) is 3.70. The number of hydrogen-bond acceptors (Lipinski definition) is 2. The topological polar surface area (TPSA) is 23.5 Å². The lowest BCUT2D eigenvalue weighted by atomic mass is 9.97. The first-order valence-corrected chi connectivity index (χ1v) is 4.10. The van der Waals surface area contributed by atoms with Gasteiger partial charge in [-0.3, -0.25) is 0 Å². The summed E-state index contributed by atoms with van der Waals surface area (Å²) in [6, 6.07) is -0.391. The van der Waals surface area contributed by atoms with E-state index >= 15 is 0 Å². The average Bonchev–Trinajstić information content (AvgIpc) is 2.69. The Morgan fingerprint density at radius 3 is 2.00 bits per heavy atom. The largest absolute Gasteiger partial charge is 0.395 e. The molecule has 0 aromatic rings. The molecule has 0 spiro atoms. The van der Waals surface area contributed by atoms with Gasteiger partial charge >= 0.3 is 0 Å². The van der Waals surface area contributed by atoms with Gasteiger partial charge in [0.05, 0.1) is 6.61 Å². The van der Waals surface area contributed by atoms with Crippen molar-refractivity contribution in [1.82, 2.24) is 4.90 Å². The number of alkyl halides is 2. The number of halogens is 2. The third kappa shape index (κ3) is 1.45. The van der Waals surface area contributed by atoms with E-state index in [-0.39, 0.29) is 6.61 Å². The van der Waals surface area contributed by atoms with Gasteiger partial charge in [-0.15, -0.1) is 0 Å². The van der Waals surface area contributed by atoms with E-state index < -0.39 is 17.9 Å². The molecule has 0 aromatic heterocycles. The molecular formula is C8H15F2NO. The Hall–Kier alpha value is -0.220. The third-order valence-corrected chi connectivity index (χ3v) is 2.72. The van der Waals surface area contributed by atoms with Crippen LogP contribution in [0.1, 0.15) is 12.8 Å². The smallest absolute Gasteiger partial charge is 0.245 e. The van der Waals surface area contributed by atoms with Crippen LogP contribution in [0.4, 0.5) is 8.78 Å². The van der Waals surface area contributed by atoms with Crippen molar-refractivity contribution in [3.63, 3.8) is 0 Å². The maximum atomic E-state index is 12.5. The summed E-state index contributed by atoms with van der Waals surface area (Å²) in [7, 11) is 3.45. The molecule has 1 aliphatic carbocycles. The summed E-state index contributed by atoms with van der Waals surface area (Å²) in [4.78, 5) is 1.68. The first kappa shape index (κ1) is 9.86. The normalized spacial score (nSPS) is 23.2. The summed E-state index contributed by atoms with van der Waals surface area (Å²) in [6.07, 6.45) is -1.24. The fraction of sp³-hybridized carbons (Fsp3) is 1.00.